The molecule has 0 saturated carbocycles. The van der Waals surface area contributed by atoms with Gasteiger partial charge in [-0.3, -0.25) is 0 Å². The molecule has 0 radical (unpaired) electrons. The lowest BCUT2D eigenvalue weighted by atomic mass is 9.81. The van der Waals surface area contributed by atoms with Crippen LogP contribution in [-0.4, -0.2) is 16.7 Å². The maximum Gasteiger partial charge on any atom is 0.0937 e. The molecule has 102 valence electrons. The van der Waals surface area contributed by atoms with E-state index in [1.54, 1.807) is 11.3 Å². The molecule has 0 spiro atoms. The Hall–Kier alpha value is -0.0900. The summed E-state index contributed by atoms with van der Waals surface area (Å²) >= 11 is 17.7. The van der Waals surface area contributed by atoms with Crippen LogP contribution in [0.3, 0.4) is 0 Å². The van der Waals surface area contributed by atoms with Gasteiger partial charge in [-0.05, 0) is 24.6 Å². The normalized spacial score (nSPS) is 11.8. The Morgan fingerprint density at radius 2 is 2.05 bits per heavy atom. The number of hydrogen-bond acceptors (Lipinski definition) is 2. The smallest absolute Gasteiger partial charge is 0.0937 e. The minimum absolute atomic E-state index is 0.267. The molecule has 19 heavy (non-hydrogen) atoms. The maximum atomic E-state index is 6.25. The van der Waals surface area contributed by atoms with Crippen molar-refractivity contribution >= 4 is 50.5 Å². The van der Waals surface area contributed by atoms with Gasteiger partial charge < -0.3 is 0 Å². The lowest BCUT2D eigenvalue weighted by Crippen LogP contribution is -2.33. The number of aryl methyl sites for hydroxylation is 1. The predicted molar refractivity (Wildman–Crippen MR) is 87.8 cm³/mol. The van der Waals surface area contributed by atoms with Gasteiger partial charge in [0.05, 0.1) is 5.01 Å². The molecule has 0 bridgehead atoms. The van der Waals surface area contributed by atoms with Gasteiger partial charge >= 0.3 is 0 Å². The van der Waals surface area contributed by atoms with Crippen LogP contribution in [0.5, 0.6) is 0 Å². The fraction of sp³-hybridized carbons (Fsp3) is 0.357. The summed E-state index contributed by atoms with van der Waals surface area (Å²) in [6.07, 6.45) is 0.773. The summed E-state index contributed by atoms with van der Waals surface area (Å²) in [7, 11) is 0. The van der Waals surface area contributed by atoms with Crippen LogP contribution in [0, 0.1) is 6.92 Å². The molecule has 0 aliphatic heterocycles. The Kier molecular flexibility index (Phi) is 5.29. The van der Waals surface area contributed by atoms with Crippen molar-refractivity contribution < 1.29 is 0 Å². The quantitative estimate of drug-likeness (QED) is 0.653. The minimum Gasteiger partial charge on any atom is -0.247 e. The number of halogens is 3. The highest BCUT2D eigenvalue weighted by molar-refractivity contribution is 9.10. The summed E-state index contributed by atoms with van der Waals surface area (Å²) in [5, 5.41) is 3.14. The third kappa shape index (κ3) is 3.52. The molecule has 2 rings (SSSR count). The van der Waals surface area contributed by atoms with Crippen molar-refractivity contribution in [3.63, 3.8) is 0 Å². The van der Waals surface area contributed by atoms with E-state index >= 15 is 0 Å². The van der Waals surface area contributed by atoms with Crippen LogP contribution in [-0.2, 0) is 11.8 Å². The Bertz CT molecular complexity index is 552. The van der Waals surface area contributed by atoms with Crippen molar-refractivity contribution in [1.82, 2.24) is 4.98 Å². The van der Waals surface area contributed by atoms with Crippen molar-refractivity contribution in [2.24, 2.45) is 0 Å². The van der Waals surface area contributed by atoms with Crippen LogP contribution >= 0.6 is 50.5 Å². The largest absolute Gasteiger partial charge is 0.247 e. The zero-order valence-electron chi connectivity index (χ0n) is 10.5. The fourth-order valence-corrected chi connectivity index (χ4v) is 4.08. The van der Waals surface area contributed by atoms with Gasteiger partial charge in [0.25, 0.3) is 0 Å². The van der Waals surface area contributed by atoms with Crippen molar-refractivity contribution in [3.05, 3.63) is 50.4 Å². The van der Waals surface area contributed by atoms with Crippen molar-refractivity contribution in [2.45, 2.75) is 18.8 Å². The van der Waals surface area contributed by atoms with Crippen molar-refractivity contribution in [3.8, 4) is 0 Å². The van der Waals surface area contributed by atoms with Crippen LogP contribution in [0.25, 0.3) is 0 Å². The monoisotopic (exact) mass is 377 g/mol. The predicted octanol–water partition coefficient (Wildman–Crippen LogP) is 5.17. The van der Waals surface area contributed by atoms with Crippen LogP contribution in [0.4, 0.5) is 0 Å². The average molecular weight is 379 g/mol. The Balaban J connectivity index is 2.37. The number of thiazole rings is 1. The second-order valence-corrected chi connectivity index (χ2v) is 7.01. The molecule has 0 amide bonds. The first kappa shape index (κ1) is 15.3. The molecule has 0 unspecified atom stereocenters. The van der Waals surface area contributed by atoms with Crippen LogP contribution in [0.15, 0.2) is 34.1 Å². The lowest BCUT2D eigenvalue weighted by molar-refractivity contribution is 0.534. The molecule has 0 atom stereocenters. The first-order valence-corrected chi connectivity index (χ1v) is 8.63. The molecule has 1 aromatic carbocycles. The summed E-state index contributed by atoms with van der Waals surface area (Å²) in [5.74, 6) is 0.956. The third-order valence-corrected chi connectivity index (χ3v) is 5.59. The van der Waals surface area contributed by atoms with Gasteiger partial charge in [0.2, 0.25) is 0 Å². The van der Waals surface area contributed by atoms with E-state index in [4.69, 9.17) is 23.2 Å². The van der Waals surface area contributed by atoms with Gasteiger partial charge in [-0.1, -0.05) is 28.1 Å². The Labute approximate surface area is 136 Å². The standard InChI is InChI=1S/C14H14BrCl2NS/c1-10-7-19-13(18-10)6-14(8-16,9-17)11-3-2-4-12(15)5-11/h2-5,7H,6,8-9H2,1H3. The molecule has 0 aliphatic rings. The topological polar surface area (TPSA) is 12.9 Å². The highest BCUT2D eigenvalue weighted by Gasteiger charge is 2.32. The van der Waals surface area contributed by atoms with E-state index in [0.29, 0.717) is 11.8 Å². The molecule has 2 aromatic rings. The highest BCUT2D eigenvalue weighted by atomic mass is 79.9. The highest BCUT2D eigenvalue weighted by Crippen LogP contribution is 2.33. The van der Waals surface area contributed by atoms with E-state index in [2.05, 4.69) is 38.4 Å². The fourth-order valence-electron chi connectivity index (χ4n) is 1.98. The summed E-state index contributed by atoms with van der Waals surface area (Å²) in [4.78, 5) is 4.53. The summed E-state index contributed by atoms with van der Waals surface area (Å²) in [6.45, 7) is 2.00. The SMILES string of the molecule is Cc1csc(CC(CCl)(CCl)c2cccc(Br)c2)n1. The van der Waals surface area contributed by atoms with E-state index in [1.165, 1.54) is 0 Å². The van der Waals surface area contributed by atoms with Gasteiger partial charge in [-0.2, -0.15) is 0 Å². The van der Waals surface area contributed by atoms with Gasteiger partial charge in [-0.15, -0.1) is 34.5 Å². The van der Waals surface area contributed by atoms with Gasteiger partial charge in [-0.25, -0.2) is 4.98 Å². The van der Waals surface area contributed by atoms with Crippen LogP contribution < -0.4 is 0 Å². The molecular formula is C14H14BrCl2NS. The maximum absolute atomic E-state index is 6.25. The number of nitrogens with zero attached hydrogens (tertiary/aromatic N) is 1. The number of rotatable bonds is 5. The molecule has 1 heterocycles. The molecule has 0 saturated heterocycles. The summed E-state index contributed by atoms with van der Waals surface area (Å²) in [5.41, 5.74) is 1.93. The number of benzene rings is 1. The van der Waals surface area contributed by atoms with E-state index < -0.39 is 0 Å². The van der Waals surface area contributed by atoms with Crippen molar-refractivity contribution in [1.29, 1.82) is 0 Å². The first-order valence-electron chi connectivity index (χ1n) is 5.88. The zero-order valence-corrected chi connectivity index (χ0v) is 14.4. The van der Waals surface area contributed by atoms with Gasteiger partial charge in [0.15, 0.2) is 0 Å². The second kappa shape index (κ2) is 6.57. The molecule has 1 nitrogen and oxygen atoms in total. The molecule has 0 aliphatic carbocycles. The lowest BCUT2D eigenvalue weighted by Gasteiger charge is -2.29. The van der Waals surface area contributed by atoms with Gasteiger partial charge in [0, 0.05) is 39.1 Å². The number of alkyl halides is 2. The first-order chi connectivity index (χ1) is 9.09. The zero-order chi connectivity index (χ0) is 13.9. The Morgan fingerprint density at radius 1 is 1.32 bits per heavy atom. The van der Waals surface area contributed by atoms with Crippen LogP contribution in [0.1, 0.15) is 16.3 Å². The number of aromatic nitrogens is 1. The molecular weight excluding hydrogens is 365 g/mol. The van der Waals surface area contributed by atoms with E-state index in [0.717, 1.165) is 27.2 Å². The molecule has 1 aromatic heterocycles. The van der Waals surface area contributed by atoms with E-state index in [1.807, 2.05) is 19.1 Å². The minimum atomic E-state index is -0.267. The second-order valence-electron chi connectivity index (χ2n) is 4.62. The van der Waals surface area contributed by atoms with E-state index in [-0.39, 0.29) is 5.41 Å². The van der Waals surface area contributed by atoms with Crippen LogP contribution in [0.2, 0.25) is 0 Å². The Morgan fingerprint density at radius 3 is 2.58 bits per heavy atom. The molecule has 0 N–H and O–H groups in total. The summed E-state index contributed by atoms with van der Waals surface area (Å²) < 4.78 is 1.04. The number of hydrogen-bond donors (Lipinski definition) is 0. The van der Waals surface area contributed by atoms with Crippen molar-refractivity contribution in [2.75, 3.05) is 11.8 Å². The third-order valence-electron chi connectivity index (χ3n) is 3.10. The van der Waals surface area contributed by atoms with E-state index in [9.17, 15) is 0 Å². The molecule has 0 fully saturated rings. The van der Waals surface area contributed by atoms with Gasteiger partial charge in [0.1, 0.15) is 0 Å². The molecule has 5 heteroatoms. The average Bonchev–Trinajstić information content (AvgIpc) is 2.81. The summed E-state index contributed by atoms with van der Waals surface area (Å²) in [6, 6.07) is 8.19.